The van der Waals surface area contributed by atoms with Crippen molar-refractivity contribution in [2.75, 3.05) is 39.3 Å². The standard InChI is InChI=1S/C10H20N2O/c1-9-8-12(4-5-13-9)3-2-10-6-11-7-10/h9-11H,2-8H2,1H3. The fourth-order valence-electron chi connectivity index (χ4n) is 2.01. The molecule has 2 rings (SSSR count). The Balaban J connectivity index is 1.62. The molecule has 0 amide bonds. The van der Waals surface area contributed by atoms with Gasteiger partial charge in [0.2, 0.25) is 0 Å². The molecule has 3 heteroatoms. The van der Waals surface area contributed by atoms with Crippen LogP contribution in [0.4, 0.5) is 0 Å². The molecule has 2 aliphatic heterocycles. The van der Waals surface area contributed by atoms with Gasteiger partial charge >= 0.3 is 0 Å². The smallest absolute Gasteiger partial charge is 0.0674 e. The lowest BCUT2D eigenvalue weighted by Crippen LogP contribution is -2.46. The average molecular weight is 184 g/mol. The van der Waals surface area contributed by atoms with Crippen LogP contribution in [-0.4, -0.2) is 50.3 Å². The lowest BCUT2D eigenvalue weighted by atomic mass is 9.99. The molecule has 0 aromatic rings. The molecule has 13 heavy (non-hydrogen) atoms. The molecule has 0 spiro atoms. The van der Waals surface area contributed by atoms with Crippen molar-refractivity contribution in [2.24, 2.45) is 5.92 Å². The van der Waals surface area contributed by atoms with E-state index in [1.54, 1.807) is 0 Å². The van der Waals surface area contributed by atoms with Gasteiger partial charge in [-0.1, -0.05) is 0 Å². The number of hydrogen-bond acceptors (Lipinski definition) is 3. The van der Waals surface area contributed by atoms with Gasteiger partial charge in [-0.05, 0) is 38.9 Å². The summed E-state index contributed by atoms with van der Waals surface area (Å²) in [5, 5.41) is 3.31. The van der Waals surface area contributed by atoms with E-state index in [4.69, 9.17) is 4.74 Å². The van der Waals surface area contributed by atoms with Crippen LogP contribution in [0.2, 0.25) is 0 Å². The maximum atomic E-state index is 5.50. The molecule has 0 saturated carbocycles. The van der Waals surface area contributed by atoms with Crippen molar-refractivity contribution in [1.29, 1.82) is 0 Å². The first-order valence-corrected chi connectivity index (χ1v) is 5.39. The Kier molecular flexibility index (Phi) is 3.19. The Morgan fingerprint density at radius 1 is 1.46 bits per heavy atom. The molecule has 0 bridgehead atoms. The molecular formula is C10H20N2O. The summed E-state index contributed by atoms with van der Waals surface area (Å²) in [5.41, 5.74) is 0. The first-order chi connectivity index (χ1) is 6.34. The van der Waals surface area contributed by atoms with E-state index in [0.29, 0.717) is 6.10 Å². The largest absolute Gasteiger partial charge is 0.376 e. The van der Waals surface area contributed by atoms with Crippen LogP contribution >= 0.6 is 0 Å². The minimum Gasteiger partial charge on any atom is -0.376 e. The van der Waals surface area contributed by atoms with Crippen molar-refractivity contribution in [3.63, 3.8) is 0 Å². The van der Waals surface area contributed by atoms with Crippen LogP contribution in [-0.2, 0) is 4.74 Å². The highest BCUT2D eigenvalue weighted by Crippen LogP contribution is 2.11. The Hall–Kier alpha value is -0.120. The van der Waals surface area contributed by atoms with Gasteiger partial charge in [-0.25, -0.2) is 0 Å². The van der Waals surface area contributed by atoms with E-state index in [-0.39, 0.29) is 0 Å². The molecule has 0 radical (unpaired) electrons. The van der Waals surface area contributed by atoms with Crippen LogP contribution < -0.4 is 5.32 Å². The van der Waals surface area contributed by atoms with Gasteiger partial charge in [0.05, 0.1) is 12.7 Å². The van der Waals surface area contributed by atoms with Crippen LogP contribution in [0.1, 0.15) is 13.3 Å². The van der Waals surface area contributed by atoms with Crippen molar-refractivity contribution in [3.8, 4) is 0 Å². The fraction of sp³-hybridized carbons (Fsp3) is 1.00. The quantitative estimate of drug-likeness (QED) is 0.683. The summed E-state index contributed by atoms with van der Waals surface area (Å²) in [6.45, 7) is 9.08. The number of nitrogens with one attached hydrogen (secondary N) is 1. The van der Waals surface area contributed by atoms with Crippen LogP contribution in [0.25, 0.3) is 0 Å². The fourth-order valence-corrected chi connectivity index (χ4v) is 2.01. The van der Waals surface area contributed by atoms with Crippen molar-refractivity contribution in [1.82, 2.24) is 10.2 Å². The molecule has 2 fully saturated rings. The molecule has 1 atom stereocenters. The van der Waals surface area contributed by atoms with Gasteiger partial charge in [-0.2, -0.15) is 0 Å². The summed E-state index contributed by atoms with van der Waals surface area (Å²) in [5.74, 6) is 0.943. The van der Waals surface area contributed by atoms with Crippen molar-refractivity contribution < 1.29 is 4.74 Å². The second kappa shape index (κ2) is 4.40. The average Bonchev–Trinajstić information content (AvgIpc) is 2.01. The van der Waals surface area contributed by atoms with E-state index in [9.17, 15) is 0 Å². The number of ether oxygens (including phenoxy) is 1. The number of nitrogens with zero attached hydrogens (tertiary/aromatic N) is 1. The molecular weight excluding hydrogens is 164 g/mol. The van der Waals surface area contributed by atoms with E-state index in [1.165, 1.54) is 26.1 Å². The lowest BCUT2D eigenvalue weighted by Gasteiger charge is -2.34. The van der Waals surface area contributed by atoms with E-state index < -0.39 is 0 Å². The zero-order valence-corrected chi connectivity index (χ0v) is 8.46. The second-order valence-electron chi connectivity index (χ2n) is 4.29. The third-order valence-corrected chi connectivity index (χ3v) is 3.04. The summed E-state index contributed by atoms with van der Waals surface area (Å²) in [6, 6.07) is 0. The molecule has 2 aliphatic rings. The van der Waals surface area contributed by atoms with Gasteiger partial charge < -0.3 is 10.1 Å². The molecule has 76 valence electrons. The molecule has 0 aromatic heterocycles. The van der Waals surface area contributed by atoms with Gasteiger partial charge in [0.15, 0.2) is 0 Å². The van der Waals surface area contributed by atoms with Crippen LogP contribution in [0, 0.1) is 5.92 Å². The minimum absolute atomic E-state index is 0.438. The van der Waals surface area contributed by atoms with Crippen molar-refractivity contribution in [3.05, 3.63) is 0 Å². The molecule has 2 saturated heterocycles. The molecule has 1 N–H and O–H groups in total. The topological polar surface area (TPSA) is 24.5 Å². The van der Waals surface area contributed by atoms with Gasteiger partial charge in [0, 0.05) is 13.1 Å². The summed E-state index contributed by atoms with van der Waals surface area (Å²) in [7, 11) is 0. The normalized spacial score (nSPS) is 31.6. The zero-order chi connectivity index (χ0) is 9.10. The first kappa shape index (κ1) is 9.44. The lowest BCUT2D eigenvalue weighted by molar-refractivity contribution is -0.0203. The number of hydrogen-bond donors (Lipinski definition) is 1. The Labute approximate surface area is 80.4 Å². The molecule has 0 aliphatic carbocycles. The maximum absolute atomic E-state index is 5.50. The summed E-state index contributed by atoms with van der Waals surface area (Å²) in [6.07, 6.45) is 1.80. The van der Waals surface area contributed by atoms with Crippen LogP contribution in [0.5, 0.6) is 0 Å². The van der Waals surface area contributed by atoms with E-state index >= 15 is 0 Å². The highest BCUT2D eigenvalue weighted by Gasteiger charge is 2.20. The van der Waals surface area contributed by atoms with E-state index in [1.807, 2.05) is 0 Å². The Morgan fingerprint density at radius 2 is 2.31 bits per heavy atom. The van der Waals surface area contributed by atoms with E-state index in [0.717, 1.165) is 25.6 Å². The van der Waals surface area contributed by atoms with Crippen LogP contribution in [0.15, 0.2) is 0 Å². The van der Waals surface area contributed by atoms with Crippen molar-refractivity contribution >= 4 is 0 Å². The molecule has 3 nitrogen and oxygen atoms in total. The summed E-state index contributed by atoms with van der Waals surface area (Å²) < 4.78 is 5.50. The third-order valence-electron chi connectivity index (χ3n) is 3.04. The van der Waals surface area contributed by atoms with Gasteiger partial charge in [0.25, 0.3) is 0 Å². The number of morpholine rings is 1. The summed E-state index contributed by atoms with van der Waals surface area (Å²) >= 11 is 0. The highest BCUT2D eigenvalue weighted by molar-refractivity contribution is 4.77. The monoisotopic (exact) mass is 184 g/mol. The third kappa shape index (κ3) is 2.66. The molecule has 1 unspecified atom stereocenters. The number of rotatable bonds is 3. The predicted octanol–water partition coefficient (Wildman–Crippen LogP) is 0.317. The van der Waals surface area contributed by atoms with Crippen molar-refractivity contribution in [2.45, 2.75) is 19.4 Å². The van der Waals surface area contributed by atoms with Crippen LogP contribution in [0.3, 0.4) is 0 Å². The molecule has 0 aromatic carbocycles. The Morgan fingerprint density at radius 3 is 2.92 bits per heavy atom. The molecule has 2 heterocycles. The highest BCUT2D eigenvalue weighted by atomic mass is 16.5. The SMILES string of the molecule is CC1CN(CCC2CNC2)CCO1. The van der Waals surface area contributed by atoms with E-state index in [2.05, 4.69) is 17.1 Å². The zero-order valence-electron chi connectivity index (χ0n) is 8.46. The van der Waals surface area contributed by atoms with Gasteiger partial charge in [0.1, 0.15) is 0 Å². The Bertz CT molecular complexity index is 159. The second-order valence-corrected chi connectivity index (χ2v) is 4.29. The summed E-state index contributed by atoms with van der Waals surface area (Å²) in [4.78, 5) is 2.53. The predicted molar refractivity (Wildman–Crippen MR) is 52.8 cm³/mol. The van der Waals surface area contributed by atoms with Gasteiger partial charge in [-0.15, -0.1) is 0 Å². The van der Waals surface area contributed by atoms with Gasteiger partial charge in [-0.3, -0.25) is 4.90 Å². The minimum atomic E-state index is 0.438. The maximum Gasteiger partial charge on any atom is 0.0674 e. The first-order valence-electron chi connectivity index (χ1n) is 5.39.